The lowest BCUT2D eigenvalue weighted by Crippen LogP contribution is -2.25. The number of nitrogens with zero attached hydrogens (tertiary/aromatic N) is 1. The summed E-state index contributed by atoms with van der Waals surface area (Å²) in [6.45, 7) is 2.01. The van der Waals surface area contributed by atoms with Crippen molar-refractivity contribution < 1.29 is 0 Å². The second-order valence-electron chi connectivity index (χ2n) is 3.81. The molecule has 2 heteroatoms. The van der Waals surface area contributed by atoms with Crippen LogP contribution in [0.25, 0.3) is 0 Å². The molecule has 0 radical (unpaired) electrons. The molecular formula is C10H14N2. The zero-order chi connectivity index (χ0) is 8.60. The molecule has 64 valence electrons. The number of aryl methyl sites for hydroxylation is 1. The van der Waals surface area contributed by atoms with Gasteiger partial charge in [0, 0.05) is 23.3 Å². The smallest absolute Gasteiger partial charge is 0.0425 e. The van der Waals surface area contributed by atoms with Crippen LogP contribution in [0.15, 0.2) is 18.2 Å². The van der Waals surface area contributed by atoms with Gasteiger partial charge in [-0.2, -0.15) is 0 Å². The zero-order valence-corrected chi connectivity index (χ0v) is 7.38. The fraction of sp³-hybridized carbons (Fsp3) is 0.500. The summed E-state index contributed by atoms with van der Waals surface area (Å²) < 4.78 is 0. The lowest BCUT2D eigenvalue weighted by Gasteiger charge is -2.07. The summed E-state index contributed by atoms with van der Waals surface area (Å²) in [4.78, 5) is 4.42. The van der Waals surface area contributed by atoms with E-state index in [1.54, 1.807) is 0 Å². The Morgan fingerprint density at radius 2 is 2.25 bits per heavy atom. The summed E-state index contributed by atoms with van der Waals surface area (Å²) in [5.74, 6) is 0. The molecule has 0 bridgehead atoms. The lowest BCUT2D eigenvalue weighted by molar-refractivity contribution is 0.658. The molecular weight excluding hydrogens is 148 g/mol. The Hall–Kier alpha value is -0.890. The van der Waals surface area contributed by atoms with Crippen molar-refractivity contribution in [2.24, 2.45) is 5.73 Å². The van der Waals surface area contributed by atoms with Gasteiger partial charge >= 0.3 is 0 Å². The minimum absolute atomic E-state index is 0.0841. The van der Waals surface area contributed by atoms with Gasteiger partial charge in [0.25, 0.3) is 0 Å². The average Bonchev–Trinajstić information content (AvgIpc) is 2.67. The maximum atomic E-state index is 5.99. The van der Waals surface area contributed by atoms with Crippen molar-refractivity contribution in [3.8, 4) is 0 Å². The molecule has 1 aromatic rings. The van der Waals surface area contributed by atoms with Crippen LogP contribution < -0.4 is 5.73 Å². The topological polar surface area (TPSA) is 38.9 Å². The third-order valence-corrected chi connectivity index (χ3v) is 2.37. The van der Waals surface area contributed by atoms with Gasteiger partial charge in [-0.1, -0.05) is 6.07 Å². The molecule has 0 spiro atoms. The van der Waals surface area contributed by atoms with Gasteiger partial charge in [-0.3, -0.25) is 4.98 Å². The molecule has 1 aromatic heterocycles. The van der Waals surface area contributed by atoms with Crippen LogP contribution in [0.4, 0.5) is 0 Å². The van der Waals surface area contributed by atoms with E-state index in [1.807, 2.05) is 19.1 Å². The maximum Gasteiger partial charge on any atom is 0.0425 e. The molecule has 0 aromatic carbocycles. The summed E-state index contributed by atoms with van der Waals surface area (Å²) in [5.41, 5.74) is 8.29. The summed E-state index contributed by atoms with van der Waals surface area (Å²) in [7, 11) is 0. The third kappa shape index (κ3) is 1.64. The van der Waals surface area contributed by atoms with Gasteiger partial charge in [0.1, 0.15) is 0 Å². The first kappa shape index (κ1) is 7.74. The summed E-state index contributed by atoms with van der Waals surface area (Å²) >= 11 is 0. The van der Waals surface area contributed by atoms with Gasteiger partial charge in [-0.05, 0) is 31.9 Å². The molecule has 1 fully saturated rings. The maximum absolute atomic E-state index is 5.99. The fourth-order valence-corrected chi connectivity index (χ4v) is 1.40. The highest BCUT2D eigenvalue weighted by Gasteiger charge is 2.38. The van der Waals surface area contributed by atoms with Crippen molar-refractivity contribution in [3.05, 3.63) is 29.6 Å². The van der Waals surface area contributed by atoms with Crippen LogP contribution in [-0.4, -0.2) is 10.5 Å². The van der Waals surface area contributed by atoms with Crippen molar-refractivity contribution >= 4 is 0 Å². The number of rotatable bonds is 2. The largest absolute Gasteiger partial charge is 0.325 e. The van der Waals surface area contributed by atoms with Gasteiger partial charge in [0.2, 0.25) is 0 Å². The molecule has 1 aliphatic carbocycles. The minimum atomic E-state index is 0.0841. The van der Waals surface area contributed by atoms with Gasteiger partial charge < -0.3 is 5.73 Å². The normalized spacial score (nSPS) is 19.2. The summed E-state index contributed by atoms with van der Waals surface area (Å²) in [6, 6.07) is 6.11. The third-order valence-electron chi connectivity index (χ3n) is 2.37. The van der Waals surface area contributed by atoms with E-state index in [9.17, 15) is 0 Å². The predicted octanol–water partition coefficient (Wildman–Crippen LogP) is 1.42. The van der Waals surface area contributed by atoms with E-state index in [1.165, 1.54) is 0 Å². The highest BCUT2D eigenvalue weighted by atomic mass is 14.8. The van der Waals surface area contributed by atoms with Crippen LogP contribution in [0.2, 0.25) is 0 Å². The first-order valence-corrected chi connectivity index (χ1v) is 4.39. The second kappa shape index (κ2) is 2.56. The molecule has 2 rings (SSSR count). The Bertz CT molecular complexity index is 290. The van der Waals surface area contributed by atoms with Gasteiger partial charge in [-0.15, -0.1) is 0 Å². The molecule has 1 heterocycles. The first-order chi connectivity index (χ1) is 5.68. The average molecular weight is 162 g/mol. The van der Waals surface area contributed by atoms with E-state index >= 15 is 0 Å². The number of aromatic nitrogens is 1. The van der Waals surface area contributed by atoms with Crippen LogP contribution in [0.5, 0.6) is 0 Å². The summed E-state index contributed by atoms with van der Waals surface area (Å²) in [6.07, 6.45) is 3.25. The monoisotopic (exact) mass is 162 g/mol. The van der Waals surface area contributed by atoms with Gasteiger partial charge in [0.05, 0.1) is 0 Å². The number of hydrogen-bond donors (Lipinski definition) is 1. The standard InChI is InChI=1S/C10H14N2/c1-8-3-2-4-9(12-8)7-10(11)5-6-10/h2-4H,5-7,11H2,1H3. The van der Waals surface area contributed by atoms with Crippen LogP contribution in [0, 0.1) is 6.92 Å². The van der Waals surface area contributed by atoms with Crippen LogP contribution in [-0.2, 0) is 6.42 Å². The van der Waals surface area contributed by atoms with Crippen molar-refractivity contribution in [1.29, 1.82) is 0 Å². The molecule has 0 atom stereocenters. The number of pyridine rings is 1. The Morgan fingerprint density at radius 3 is 2.83 bits per heavy atom. The van der Waals surface area contributed by atoms with Crippen molar-refractivity contribution in [3.63, 3.8) is 0 Å². The van der Waals surface area contributed by atoms with E-state index in [2.05, 4.69) is 11.1 Å². The molecule has 12 heavy (non-hydrogen) atoms. The van der Waals surface area contributed by atoms with Crippen LogP contribution in [0.3, 0.4) is 0 Å². The predicted molar refractivity (Wildman–Crippen MR) is 48.8 cm³/mol. The van der Waals surface area contributed by atoms with Crippen molar-refractivity contribution in [2.45, 2.75) is 31.7 Å². The summed E-state index contributed by atoms with van der Waals surface area (Å²) in [5, 5.41) is 0. The van der Waals surface area contributed by atoms with Crippen LogP contribution >= 0.6 is 0 Å². The highest BCUT2D eigenvalue weighted by Crippen LogP contribution is 2.34. The molecule has 0 aliphatic heterocycles. The van der Waals surface area contributed by atoms with E-state index in [0.717, 1.165) is 30.7 Å². The van der Waals surface area contributed by atoms with E-state index < -0.39 is 0 Å². The molecule has 0 amide bonds. The Kier molecular flexibility index (Phi) is 1.65. The SMILES string of the molecule is Cc1cccc(CC2(N)CC2)n1. The van der Waals surface area contributed by atoms with Crippen molar-refractivity contribution in [2.75, 3.05) is 0 Å². The quantitative estimate of drug-likeness (QED) is 0.714. The fourth-order valence-electron chi connectivity index (χ4n) is 1.40. The van der Waals surface area contributed by atoms with E-state index in [0.29, 0.717) is 0 Å². The second-order valence-corrected chi connectivity index (χ2v) is 3.81. The Labute approximate surface area is 72.8 Å². The van der Waals surface area contributed by atoms with Crippen LogP contribution in [0.1, 0.15) is 24.2 Å². The molecule has 1 aliphatic rings. The van der Waals surface area contributed by atoms with E-state index in [4.69, 9.17) is 5.73 Å². The molecule has 0 unspecified atom stereocenters. The zero-order valence-electron chi connectivity index (χ0n) is 7.38. The minimum Gasteiger partial charge on any atom is -0.325 e. The Balaban J connectivity index is 2.12. The lowest BCUT2D eigenvalue weighted by atomic mass is 10.1. The number of hydrogen-bond acceptors (Lipinski definition) is 2. The number of nitrogens with two attached hydrogens (primary N) is 1. The van der Waals surface area contributed by atoms with Gasteiger partial charge in [0.15, 0.2) is 0 Å². The highest BCUT2D eigenvalue weighted by molar-refractivity contribution is 5.15. The molecule has 0 saturated heterocycles. The van der Waals surface area contributed by atoms with Gasteiger partial charge in [-0.25, -0.2) is 0 Å². The first-order valence-electron chi connectivity index (χ1n) is 4.39. The van der Waals surface area contributed by atoms with Crippen molar-refractivity contribution in [1.82, 2.24) is 4.98 Å². The molecule has 2 N–H and O–H groups in total. The van der Waals surface area contributed by atoms with E-state index in [-0.39, 0.29) is 5.54 Å². The molecule has 1 saturated carbocycles. The Morgan fingerprint density at radius 1 is 1.50 bits per heavy atom. The molecule has 2 nitrogen and oxygen atoms in total.